The average Bonchev–Trinajstić information content (AvgIpc) is 1.82. The number of carbonyl (C=O) groups is 3. The Morgan fingerprint density at radius 3 is 1.40 bits per heavy atom. The molecule has 0 aromatic heterocycles. The zero-order valence-electron chi connectivity index (χ0n) is 7.37. The second-order valence-corrected chi connectivity index (χ2v) is 2.42. The van der Waals surface area contributed by atoms with E-state index in [1.807, 2.05) is 0 Å². The number of rotatable bonds is 5. The Morgan fingerprint density at radius 1 is 1.00 bits per heavy atom. The van der Waals surface area contributed by atoms with Crippen LogP contribution in [0.15, 0.2) is 0 Å². The number of carboxylic acids is 3. The molecule has 87 valence electrons. The normalized spacial score (nSPS) is 9.40. The van der Waals surface area contributed by atoms with Crippen LogP contribution in [0.3, 0.4) is 0 Å². The molecule has 9 heteroatoms. The standard InChI is InChI=1S/C6H8O7.Fe.H3N/c7-3(8)1-6(13,5(11)12)2-4(9)10;;/h13H,1-2H2,(H,7,8)(H,9,10)(H,11,12);;1H3/q;+3;/p-3. The third kappa shape index (κ3) is 6.86. The number of hydrogen-bond donors (Lipinski definition) is 2. The van der Waals surface area contributed by atoms with Gasteiger partial charge in [0.2, 0.25) is 0 Å². The van der Waals surface area contributed by atoms with E-state index < -0.39 is 36.4 Å². The first-order chi connectivity index (χ1) is 5.78. The molecule has 0 aliphatic carbocycles. The topological polar surface area (TPSA) is 176 Å². The molecular formula is C6H8FeNO7. The van der Waals surface area contributed by atoms with E-state index in [1.54, 1.807) is 0 Å². The molecule has 0 heterocycles. The smallest absolute Gasteiger partial charge is 0.550 e. The summed E-state index contributed by atoms with van der Waals surface area (Å²) >= 11 is 0. The zero-order valence-corrected chi connectivity index (χ0v) is 8.48. The molecule has 0 aliphatic heterocycles. The number of carboxylic acid groups (broad SMARTS) is 3. The minimum Gasteiger partial charge on any atom is -0.550 e. The average molecular weight is 262 g/mol. The molecule has 0 aromatic carbocycles. The van der Waals surface area contributed by atoms with E-state index >= 15 is 0 Å². The Kier molecular flexibility index (Phi) is 9.30. The molecule has 0 rings (SSSR count). The van der Waals surface area contributed by atoms with Gasteiger partial charge >= 0.3 is 17.1 Å². The number of carbonyl (C=O) groups excluding carboxylic acids is 3. The molecule has 4 N–H and O–H groups in total. The van der Waals surface area contributed by atoms with Gasteiger partial charge in [0, 0.05) is 24.8 Å². The van der Waals surface area contributed by atoms with E-state index in [2.05, 4.69) is 0 Å². The van der Waals surface area contributed by atoms with Crippen LogP contribution < -0.4 is 21.5 Å². The van der Waals surface area contributed by atoms with Crippen molar-refractivity contribution < 1.29 is 51.9 Å². The molecule has 15 heavy (non-hydrogen) atoms. The summed E-state index contributed by atoms with van der Waals surface area (Å²) in [6.45, 7) is 0. The number of hydrogen-bond acceptors (Lipinski definition) is 8. The van der Waals surface area contributed by atoms with Crippen molar-refractivity contribution in [1.29, 1.82) is 0 Å². The van der Waals surface area contributed by atoms with Crippen LogP contribution in [-0.2, 0) is 31.5 Å². The molecule has 0 unspecified atom stereocenters. The Balaban J connectivity index is -0.000000720. The van der Waals surface area contributed by atoms with Gasteiger partial charge in [0.1, 0.15) is 5.60 Å². The van der Waals surface area contributed by atoms with Crippen molar-refractivity contribution in [2.24, 2.45) is 0 Å². The minimum atomic E-state index is -2.97. The van der Waals surface area contributed by atoms with Gasteiger partial charge in [-0.2, -0.15) is 0 Å². The summed E-state index contributed by atoms with van der Waals surface area (Å²) in [6, 6.07) is 0. The maximum Gasteiger partial charge on any atom is 3.00 e. The third-order valence-corrected chi connectivity index (χ3v) is 1.25. The van der Waals surface area contributed by atoms with Gasteiger partial charge in [-0.25, -0.2) is 0 Å². The van der Waals surface area contributed by atoms with E-state index in [-0.39, 0.29) is 23.2 Å². The predicted molar refractivity (Wildman–Crippen MR) is 34.2 cm³/mol. The Hall–Kier alpha value is -1.15. The summed E-state index contributed by atoms with van der Waals surface area (Å²) < 4.78 is 0. The maximum atomic E-state index is 10.1. The summed E-state index contributed by atoms with van der Waals surface area (Å²) in [5.74, 6) is -5.98. The maximum absolute atomic E-state index is 10.1. The molecule has 0 aliphatic rings. The van der Waals surface area contributed by atoms with E-state index in [9.17, 15) is 29.7 Å². The third-order valence-electron chi connectivity index (χ3n) is 1.25. The fraction of sp³-hybridized carbons (Fsp3) is 0.500. The van der Waals surface area contributed by atoms with Crippen molar-refractivity contribution >= 4 is 17.9 Å². The summed E-state index contributed by atoms with van der Waals surface area (Å²) in [5, 5.41) is 38.9. The van der Waals surface area contributed by atoms with Crippen LogP contribution in [0.25, 0.3) is 0 Å². The Bertz CT molecular complexity index is 238. The van der Waals surface area contributed by atoms with Crippen LogP contribution in [0.5, 0.6) is 0 Å². The quantitative estimate of drug-likeness (QED) is 0.462. The van der Waals surface area contributed by atoms with Crippen molar-refractivity contribution in [2.75, 3.05) is 0 Å². The molecule has 0 amide bonds. The Morgan fingerprint density at radius 2 is 1.27 bits per heavy atom. The van der Waals surface area contributed by atoms with Crippen molar-refractivity contribution in [3.8, 4) is 0 Å². The number of aliphatic carboxylic acids is 3. The van der Waals surface area contributed by atoms with Gasteiger partial charge in [0.15, 0.2) is 0 Å². The predicted octanol–water partition coefficient (Wildman–Crippen LogP) is -5.09. The first-order valence-electron chi connectivity index (χ1n) is 3.11. The fourth-order valence-electron chi connectivity index (χ4n) is 0.684. The summed E-state index contributed by atoms with van der Waals surface area (Å²) in [5.41, 5.74) is -2.97. The van der Waals surface area contributed by atoms with Gasteiger partial charge in [-0.15, -0.1) is 0 Å². The number of aliphatic hydroxyl groups is 1. The molecule has 0 fully saturated rings. The fourth-order valence-corrected chi connectivity index (χ4v) is 0.684. The van der Waals surface area contributed by atoms with Crippen molar-refractivity contribution in [2.45, 2.75) is 18.4 Å². The van der Waals surface area contributed by atoms with Gasteiger partial charge in [0.05, 0.1) is 5.97 Å². The SMILES string of the molecule is N.O=C([O-])CC(O)(CC(=O)[O-])C(=O)[O-].[Fe+3]. The van der Waals surface area contributed by atoms with E-state index in [0.29, 0.717) is 0 Å². The first-order valence-corrected chi connectivity index (χ1v) is 3.11. The molecule has 0 aromatic rings. The van der Waals surface area contributed by atoms with Crippen LogP contribution in [0.1, 0.15) is 12.8 Å². The van der Waals surface area contributed by atoms with Crippen LogP contribution in [0, 0.1) is 0 Å². The molecule has 8 nitrogen and oxygen atoms in total. The molecule has 0 bridgehead atoms. The Labute approximate surface area is 95.0 Å². The van der Waals surface area contributed by atoms with Crippen LogP contribution in [-0.4, -0.2) is 28.6 Å². The largest absolute Gasteiger partial charge is 3.00 e. The van der Waals surface area contributed by atoms with Gasteiger partial charge < -0.3 is 41.0 Å². The van der Waals surface area contributed by atoms with E-state index in [1.165, 1.54) is 0 Å². The molecule has 0 saturated carbocycles. The van der Waals surface area contributed by atoms with Gasteiger partial charge in [-0.05, 0) is 0 Å². The van der Waals surface area contributed by atoms with Crippen LogP contribution in [0.4, 0.5) is 0 Å². The zero-order chi connectivity index (χ0) is 10.6. The second-order valence-electron chi connectivity index (χ2n) is 2.42. The minimum absolute atomic E-state index is 0. The summed E-state index contributed by atoms with van der Waals surface area (Å²) in [6.07, 6.45) is -2.72. The van der Waals surface area contributed by atoms with E-state index in [4.69, 9.17) is 5.11 Å². The second kappa shape index (κ2) is 7.18. The molecular weight excluding hydrogens is 254 g/mol. The molecule has 0 saturated heterocycles. The van der Waals surface area contributed by atoms with Crippen molar-refractivity contribution in [3.05, 3.63) is 0 Å². The van der Waals surface area contributed by atoms with E-state index in [0.717, 1.165) is 0 Å². The molecule has 1 radical (unpaired) electrons. The monoisotopic (exact) mass is 262 g/mol. The molecule has 0 atom stereocenters. The molecule has 0 spiro atoms. The summed E-state index contributed by atoms with van der Waals surface area (Å²) in [4.78, 5) is 30.0. The summed E-state index contributed by atoms with van der Waals surface area (Å²) in [7, 11) is 0. The van der Waals surface area contributed by atoms with Gasteiger partial charge in [0.25, 0.3) is 0 Å². The van der Waals surface area contributed by atoms with Crippen molar-refractivity contribution in [3.63, 3.8) is 0 Å². The van der Waals surface area contributed by atoms with Gasteiger partial charge in [-0.3, -0.25) is 0 Å². The van der Waals surface area contributed by atoms with Crippen molar-refractivity contribution in [1.82, 2.24) is 6.15 Å². The van der Waals surface area contributed by atoms with Crippen LogP contribution >= 0.6 is 0 Å². The van der Waals surface area contributed by atoms with Crippen LogP contribution in [0.2, 0.25) is 0 Å². The first kappa shape index (κ1) is 19.4. The van der Waals surface area contributed by atoms with Gasteiger partial charge in [-0.1, -0.05) is 0 Å².